The third-order valence-electron chi connectivity index (χ3n) is 3.90. The molecule has 0 bridgehead atoms. The molecule has 0 radical (unpaired) electrons. The van der Waals surface area contributed by atoms with Gasteiger partial charge in [0.25, 0.3) is 0 Å². The molecule has 17 heavy (non-hydrogen) atoms. The maximum absolute atomic E-state index is 12.4. The average Bonchev–Trinajstić information content (AvgIpc) is 2.65. The topological polar surface area (TPSA) is 23.6 Å². The molecular weight excluding hydrogens is 212 g/mol. The van der Waals surface area contributed by atoms with Gasteiger partial charge in [-0.25, -0.2) is 0 Å². The number of carbonyl (C=O) groups excluding carboxylic acids is 1. The van der Waals surface area contributed by atoms with Crippen molar-refractivity contribution in [1.82, 2.24) is 4.90 Å². The molecule has 1 atom stereocenters. The monoisotopic (exact) mass is 230 g/mol. The van der Waals surface area contributed by atoms with Crippen LogP contribution in [0.3, 0.4) is 0 Å². The number of anilines is 1. The van der Waals surface area contributed by atoms with E-state index in [0.717, 1.165) is 32.5 Å². The van der Waals surface area contributed by atoms with Crippen LogP contribution in [0, 0.1) is 0 Å². The second kappa shape index (κ2) is 4.06. The molecular formula is C14H18N2O. The van der Waals surface area contributed by atoms with Gasteiger partial charge < -0.3 is 9.80 Å². The molecule has 3 heteroatoms. The number of nitrogens with zero attached hydrogens (tertiary/aromatic N) is 2. The van der Waals surface area contributed by atoms with Gasteiger partial charge in [-0.1, -0.05) is 18.2 Å². The molecule has 3 rings (SSSR count). The minimum absolute atomic E-state index is 0.0508. The van der Waals surface area contributed by atoms with Crippen molar-refractivity contribution in [2.75, 3.05) is 24.5 Å². The molecule has 0 aliphatic carbocycles. The largest absolute Gasteiger partial charge is 0.359 e. The summed E-state index contributed by atoms with van der Waals surface area (Å²) < 4.78 is 0. The second-order valence-corrected chi connectivity index (χ2v) is 4.81. The van der Waals surface area contributed by atoms with Crippen LogP contribution in [0.4, 0.5) is 5.69 Å². The van der Waals surface area contributed by atoms with Crippen molar-refractivity contribution in [3.63, 3.8) is 0 Å². The molecule has 1 fully saturated rings. The first-order valence-corrected chi connectivity index (χ1v) is 6.44. The maximum atomic E-state index is 12.4. The van der Waals surface area contributed by atoms with Gasteiger partial charge in [-0.05, 0) is 25.0 Å². The molecule has 1 aromatic rings. The summed E-state index contributed by atoms with van der Waals surface area (Å²) in [4.78, 5) is 16.7. The highest BCUT2D eigenvalue weighted by atomic mass is 16.2. The SMILES string of the molecule is CCN1CCCN2c3ccccc3CC2C1=O. The normalized spacial score (nSPS) is 23.4. The summed E-state index contributed by atoms with van der Waals surface area (Å²) >= 11 is 0. The number of fused-ring (bicyclic) bond motifs is 3. The minimum atomic E-state index is 0.0508. The number of carbonyl (C=O) groups is 1. The molecule has 2 aliphatic heterocycles. The van der Waals surface area contributed by atoms with Crippen LogP contribution in [0.2, 0.25) is 0 Å². The Hall–Kier alpha value is -1.51. The van der Waals surface area contributed by atoms with Crippen LogP contribution in [0.25, 0.3) is 0 Å². The molecule has 90 valence electrons. The first-order valence-electron chi connectivity index (χ1n) is 6.44. The lowest BCUT2D eigenvalue weighted by Gasteiger charge is -2.25. The summed E-state index contributed by atoms with van der Waals surface area (Å²) in [6, 6.07) is 8.47. The van der Waals surface area contributed by atoms with Crippen LogP contribution in [0.5, 0.6) is 0 Å². The van der Waals surface area contributed by atoms with E-state index in [4.69, 9.17) is 0 Å². The number of rotatable bonds is 1. The van der Waals surface area contributed by atoms with Crippen LogP contribution in [0.15, 0.2) is 24.3 Å². The van der Waals surface area contributed by atoms with Crippen molar-refractivity contribution < 1.29 is 4.79 Å². The molecule has 3 nitrogen and oxygen atoms in total. The van der Waals surface area contributed by atoms with Gasteiger partial charge in [-0.2, -0.15) is 0 Å². The molecule has 1 unspecified atom stereocenters. The van der Waals surface area contributed by atoms with E-state index >= 15 is 0 Å². The number of amides is 1. The minimum Gasteiger partial charge on any atom is -0.359 e. The van der Waals surface area contributed by atoms with Crippen LogP contribution < -0.4 is 4.90 Å². The zero-order valence-corrected chi connectivity index (χ0v) is 10.2. The van der Waals surface area contributed by atoms with Gasteiger partial charge in [0, 0.05) is 31.7 Å². The third kappa shape index (κ3) is 1.61. The zero-order chi connectivity index (χ0) is 11.8. The Morgan fingerprint density at radius 2 is 2.12 bits per heavy atom. The van der Waals surface area contributed by atoms with Gasteiger partial charge in [-0.3, -0.25) is 4.79 Å². The molecule has 0 aromatic heterocycles. The average molecular weight is 230 g/mol. The van der Waals surface area contributed by atoms with E-state index in [-0.39, 0.29) is 6.04 Å². The predicted octanol–water partition coefficient (Wildman–Crippen LogP) is 1.67. The van der Waals surface area contributed by atoms with Gasteiger partial charge in [0.1, 0.15) is 6.04 Å². The second-order valence-electron chi connectivity index (χ2n) is 4.81. The summed E-state index contributed by atoms with van der Waals surface area (Å²) in [5.74, 6) is 0.307. The van der Waals surface area contributed by atoms with Crippen molar-refractivity contribution in [3.05, 3.63) is 29.8 Å². The zero-order valence-electron chi connectivity index (χ0n) is 10.2. The number of hydrogen-bond acceptors (Lipinski definition) is 2. The van der Waals surface area contributed by atoms with Gasteiger partial charge in [0.2, 0.25) is 5.91 Å². The smallest absolute Gasteiger partial charge is 0.245 e. The lowest BCUT2D eigenvalue weighted by Crippen LogP contribution is -2.44. The van der Waals surface area contributed by atoms with Gasteiger partial charge in [0.15, 0.2) is 0 Å². The quantitative estimate of drug-likeness (QED) is 0.732. The van der Waals surface area contributed by atoms with Crippen LogP contribution in [-0.4, -0.2) is 36.5 Å². The van der Waals surface area contributed by atoms with Crippen LogP contribution in [0.1, 0.15) is 18.9 Å². The molecule has 0 saturated carbocycles. The van der Waals surface area contributed by atoms with Crippen molar-refractivity contribution >= 4 is 11.6 Å². The van der Waals surface area contributed by atoms with E-state index in [0.29, 0.717) is 5.91 Å². The van der Waals surface area contributed by atoms with E-state index in [9.17, 15) is 4.79 Å². The van der Waals surface area contributed by atoms with Crippen LogP contribution >= 0.6 is 0 Å². The lowest BCUT2D eigenvalue weighted by atomic mass is 10.1. The van der Waals surface area contributed by atoms with Gasteiger partial charge in [-0.15, -0.1) is 0 Å². The Bertz CT molecular complexity index is 444. The number of likely N-dealkylation sites (N-methyl/N-ethyl adjacent to an activating group) is 1. The van der Waals surface area contributed by atoms with E-state index in [1.165, 1.54) is 11.3 Å². The van der Waals surface area contributed by atoms with E-state index < -0.39 is 0 Å². The van der Waals surface area contributed by atoms with Crippen molar-refractivity contribution in [2.45, 2.75) is 25.8 Å². The summed E-state index contributed by atoms with van der Waals surface area (Å²) in [7, 11) is 0. The Morgan fingerprint density at radius 3 is 2.94 bits per heavy atom. The van der Waals surface area contributed by atoms with Crippen molar-refractivity contribution in [2.24, 2.45) is 0 Å². The Morgan fingerprint density at radius 1 is 1.29 bits per heavy atom. The van der Waals surface area contributed by atoms with Gasteiger partial charge in [0.05, 0.1) is 0 Å². The van der Waals surface area contributed by atoms with E-state index in [1.807, 2.05) is 4.90 Å². The first-order chi connectivity index (χ1) is 8.31. The predicted molar refractivity (Wildman–Crippen MR) is 68.2 cm³/mol. The fourth-order valence-electron chi connectivity index (χ4n) is 3.01. The molecule has 0 N–H and O–H groups in total. The Balaban J connectivity index is 1.95. The molecule has 1 amide bonds. The summed E-state index contributed by atoms with van der Waals surface area (Å²) in [6.07, 6.45) is 1.95. The fourth-order valence-corrected chi connectivity index (χ4v) is 3.01. The maximum Gasteiger partial charge on any atom is 0.245 e. The standard InChI is InChI=1S/C14H18N2O/c1-2-15-8-5-9-16-12-7-4-3-6-11(12)10-13(16)14(15)17/h3-4,6-7,13H,2,5,8-10H2,1H3. The van der Waals surface area contributed by atoms with Crippen molar-refractivity contribution in [3.8, 4) is 0 Å². The fraction of sp³-hybridized carbons (Fsp3) is 0.500. The highest BCUT2D eigenvalue weighted by Crippen LogP contribution is 2.33. The first kappa shape index (κ1) is 10.6. The lowest BCUT2D eigenvalue weighted by molar-refractivity contribution is -0.131. The highest BCUT2D eigenvalue weighted by molar-refractivity contribution is 5.88. The molecule has 2 aliphatic rings. The van der Waals surface area contributed by atoms with E-state index in [1.54, 1.807) is 0 Å². The molecule has 0 spiro atoms. The van der Waals surface area contributed by atoms with Crippen LogP contribution in [-0.2, 0) is 11.2 Å². The molecule has 1 saturated heterocycles. The Labute approximate surface area is 102 Å². The molecule has 1 aromatic carbocycles. The van der Waals surface area contributed by atoms with Gasteiger partial charge >= 0.3 is 0 Å². The Kier molecular flexibility index (Phi) is 2.54. The number of benzene rings is 1. The van der Waals surface area contributed by atoms with Crippen molar-refractivity contribution in [1.29, 1.82) is 0 Å². The third-order valence-corrected chi connectivity index (χ3v) is 3.90. The summed E-state index contributed by atoms with van der Waals surface area (Å²) in [5, 5.41) is 0. The summed E-state index contributed by atoms with van der Waals surface area (Å²) in [6.45, 7) is 4.81. The van der Waals surface area contributed by atoms with E-state index in [2.05, 4.69) is 36.1 Å². The molecule has 2 heterocycles. The number of hydrogen-bond donors (Lipinski definition) is 0. The highest BCUT2D eigenvalue weighted by Gasteiger charge is 2.37. The number of para-hydroxylation sites is 1. The summed E-state index contributed by atoms with van der Waals surface area (Å²) in [5.41, 5.74) is 2.59.